The molecule has 0 bridgehead atoms. The molecule has 6 heteroatoms. The molecule has 0 saturated heterocycles. The van der Waals surface area contributed by atoms with Gasteiger partial charge in [0.05, 0.1) is 25.3 Å². The molecule has 3 rings (SSSR count). The number of aliphatic hydroxyl groups is 1. The molecule has 1 aromatic carbocycles. The summed E-state index contributed by atoms with van der Waals surface area (Å²) < 4.78 is 16.4. The van der Waals surface area contributed by atoms with Crippen LogP contribution in [0.5, 0.6) is 17.2 Å². The van der Waals surface area contributed by atoms with E-state index in [1.807, 2.05) is 5.38 Å². The maximum atomic E-state index is 10.5. The molecule has 1 atom stereocenters. The molecule has 0 spiro atoms. The molecule has 0 amide bonds. The fourth-order valence-corrected chi connectivity index (χ4v) is 3.26. The van der Waals surface area contributed by atoms with Crippen LogP contribution < -0.4 is 14.2 Å². The lowest BCUT2D eigenvalue weighted by Crippen LogP contribution is -2.00. The fourth-order valence-electron chi connectivity index (χ4n) is 2.15. The van der Waals surface area contributed by atoms with Gasteiger partial charge in [-0.1, -0.05) is 11.6 Å². The van der Waals surface area contributed by atoms with Crippen LogP contribution in [0.15, 0.2) is 23.6 Å². The normalized spacial score (nSPS) is 15.4. The zero-order valence-electron chi connectivity index (χ0n) is 11.5. The van der Waals surface area contributed by atoms with Crippen molar-refractivity contribution in [3.8, 4) is 17.2 Å². The highest BCUT2D eigenvalue weighted by molar-refractivity contribution is 7.10. The summed E-state index contributed by atoms with van der Waals surface area (Å²) in [6.07, 6.45) is 0.00955. The van der Waals surface area contributed by atoms with Crippen molar-refractivity contribution in [2.75, 3.05) is 20.3 Å². The maximum absolute atomic E-state index is 10.5. The van der Waals surface area contributed by atoms with E-state index in [2.05, 4.69) is 0 Å². The zero-order chi connectivity index (χ0) is 14.8. The summed E-state index contributed by atoms with van der Waals surface area (Å²) in [5, 5.41) is 12.8. The predicted octanol–water partition coefficient (Wildman–Crippen LogP) is 3.65. The van der Waals surface area contributed by atoms with Gasteiger partial charge in [-0.15, -0.1) is 11.3 Å². The third-order valence-electron chi connectivity index (χ3n) is 3.26. The highest BCUT2D eigenvalue weighted by Gasteiger charge is 2.21. The van der Waals surface area contributed by atoms with Crippen LogP contribution in [-0.4, -0.2) is 25.4 Å². The Kier molecular flexibility index (Phi) is 4.24. The minimum absolute atomic E-state index is 0.458. The zero-order valence-corrected chi connectivity index (χ0v) is 13.0. The summed E-state index contributed by atoms with van der Waals surface area (Å²) in [5.74, 6) is 1.96. The Labute approximate surface area is 131 Å². The number of hydrogen-bond acceptors (Lipinski definition) is 5. The van der Waals surface area contributed by atoms with Crippen molar-refractivity contribution in [2.24, 2.45) is 0 Å². The first-order valence-corrected chi connectivity index (χ1v) is 7.84. The van der Waals surface area contributed by atoms with Crippen LogP contribution in [0.3, 0.4) is 0 Å². The monoisotopic (exact) mass is 326 g/mol. The first-order chi connectivity index (χ1) is 10.2. The Balaban J connectivity index is 1.95. The van der Waals surface area contributed by atoms with Gasteiger partial charge in [-0.05, 0) is 12.1 Å². The molecule has 0 aliphatic carbocycles. The molecule has 1 aliphatic heterocycles. The van der Waals surface area contributed by atoms with Gasteiger partial charge in [0, 0.05) is 28.3 Å². The second kappa shape index (κ2) is 6.13. The second-order valence-electron chi connectivity index (χ2n) is 4.66. The van der Waals surface area contributed by atoms with E-state index in [0.29, 0.717) is 35.3 Å². The first kappa shape index (κ1) is 14.5. The number of benzene rings is 1. The molecule has 2 aromatic rings. The summed E-state index contributed by atoms with van der Waals surface area (Å²) >= 11 is 7.70. The van der Waals surface area contributed by atoms with E-state index in [4.69, 9.17) is 25.8 Å². The highest BCUT2D eigenvalue weighted by Crippen LogP contribution is 2.40. The van der Waals surface area contributed by atoms with Gasteiger partial charge >= 0.3 is 0 Å². The van der Waals surface area contributed by atoms with Crippen molar-refractivity contribution in [3.63, 3.8) is 0 Å². The van der Waals surface area contributed by atoms with Gasteiger partial charge in [0.1, 0.15) is 11.9 Å². The minimum Gasteiger partial charge on any atom is -0.496 e. The summed E-state index contributed by atoms with van der Waals surface area (Å²) in [4.78, 5) is 0.767. The molecule has 21 heavy (non-hydrogen) atoms. The van der Waals surface area contributed by atoms with E-state index in [1.54, 1.807) is 25.3 Å². The van der Waals surface area contributed by atoms with E-state index in [-0.39, 0.29) is 0 Å². The molecule has 112 valence electrons. The average Bonchev–Trinajstić information content (AvgIpc) is 2.86. The molecule has 0 radical (unpaired) electrons. The molecule has 1 unspecified atom stereocenters. The van der Waals surface area contributed by atoms with Crippen LogP contribution in [-0.2, 0) is 0 Å². The van der Waals surface area contributed by atoms with E-state index >= 15 is 0 Å². The average molecular weight is 327 g/mol. The Morgan fingerprint density at radius 1 is 1.24 bits per heavy atom. The maximum Gasteiger partial charge on any atom is 0.162 e. The second-order valence-corrected chi connectivity index (χ2v) is 6.01. The molecule has 0 saturated carbocycles. The number of ether oxygens (including phenoxy) is 3. The van der Waals surface area contributed by atoms with E-state index in [1.165, 1.54) is 11.3 Å². The predicted molar refractivity (Wildman–Crippen MR) is 82.0 cm³/mol. The number of hydrogen-bond donors (Lipinski definition) is 1. The topological polar surface area (TPSA) is 47.9 Å². The van der Waals surface area contributed by atoms with Gasteiger partial charge in [0.15, 0.2) is 11.5 Å². The summed E-state index contributed by atoms with van der Waals surface area (Å²) in [6, 6.07) is 5.25. The van der Waals surface area contributed by atoms with Crippen molar-refractivity contribution in [1.29, 1.82) is 0 Å². The molecular weight excluding hydrogens is 312 g/mol. The number of thiophene rings is 1. The van der Waals surface area contributed by atoms with Crippen molar-refractivity contribution >= 4 is 22.9 Å². The lowest BCUT2D eigenvalue weighted by Gasteiger charge is -2.15. The van der Waals surface area contributed by atoms with Crippen molar-refractivity contribution in [2.45, 2.75) is 12.5 Å². The summed E-state index contributed by atoms with van der Waals surface area (Å²) in [7, 11) is 1.60. The standard InChI is InChI=1S/C15H15ClO4S/c1-18-9-5-14(21-8-9)15(17)10-6-12-13(7-11(10)16)20-4-2-3-19-12/h5-8,15,17H,2-4H2,1H3. The Morgan fingerprint density at radius 2 is 1.95 bits per heavy atom. The highest BCUT2D eigenvalue weighted by atomic mass is 35.5. The van der Waals surface area contributed by atoms with Gasteiger partial charge in [0.2, 0.25) is 0 Å². The van der Waals surface area contributed by atoms with Gasteiger partial charge in [-0.3, -0.25) is 0 Å². The van der Waals surface area contributed by atoms with E-state index < -0.39 is 6.10 Å². The molecule has 0 fully saturated rings. The number of fused-ring (bicyclic) bond motifs is 1. The number of methoxy groups -OCH3 is 1. The minimum atomic E-state index is -0.816. The Morgan fingerprint density at radius 3 is 2.62 bits per heavy atom. The van der Waals surface area contributed by atoms with Gasteiger partial charge in [-0.25, -0.2) is 0 Å². The first-order valence-electron chi connectivity index (χ1n) is 6.58. The molecule has 4 nitrogen and oxygen atoms in total. The molecule has 1 aromatic heterocycles. The van der Waals surface area contributed by atoms with Crippen LogP contribution in [0.1, 0.15) is 23.0 Å². The lowest BCUT2D eigenvalue weighted by molar-refractivity contribution is 0.223. The largest absolute Gasteiger partial charge is 0.496 e. The van der Waals surface area contributed by atoms with Gasteiger partial charge in [-0.2, -0.15) is 0 Å². The van der Waals surface area contributed by atoms with Crippen molar-refractivity contribution in [1.82, 2.24) is 0 Å². The fraction of sp³-hybridized carbons (Fsp3) is 0.333. The summed E-state index contributed by atoms with van der Waals surface area (Å²) in [6.45, 7) is 1.20. The van der Waals surface area contributed by atoms with E-state index in [0.717, 1.165) is 17.0 Å². The third kappa shape index (κ3) is 2.95. The number of rotatable bonds is 3. The third-order valence-corrected chi connectivity index (χ3v) is 4.55. The van der Waals surface area contributed by atoms with Crippen LogP contribution >= 0.6 is 22.9 Å². The lowest BCUT2D eigenvalue weighted by atomic mass is 10.1. The Hall–Kier alpha value is -1.43. The van der Waals surface area contributed by atoms with Crippen molar-refractivity contribution in [3.05, 3.63) is 39.0 Å². The van der Waals surface area contributed by atoms with Crippen LogP contribution in [0.2, 0.25) is 5.02 Å². The smallest absolute Gasteiger partial charge is 0.162 e. The molecule has 1 N–H and O–H groups in total. The van der Waals surface area contributed by atoms with Crippen LogP contribution in [0, 0.1) is 0 Å². The number of halogens is 1. The van der Waals surface area contributed by atoms with Gasteiger partial charge in [0.25, 0.3) is 0 Å². The van der Waals surface area contributed by atoms with Gasteiger partial charge < -0.3 is 19.3 Å². The Bertz CT molecular complexity index is 641. The van der Waals surface area contributed by atoms with Crippen molar-refractivity contribution < 1.29 is 19.3 Å². The quantitative estimate of drug-likeness (QED) is 0.935. The van der Waals surface area contributed by atoms with Crippen LogP contribution in [0.25, 0.3) is 0 Å². The van der Waals surface area contributed by atoms with E-state index in [9.17, 15) is 5.11 Å². The molecule has 1 aliphatic rings. The van der Waals surface area contributed by atoms with Crippen LogP contribution in [0.4, 0.5) is 0 Å². The SMILES string of the molecule is COc1csc(C(O)c2cc3c(cc2Cl)OCCCO3)c1. The molecular formula is C15H15ClO4S. The number of aliphatic hydroxyl groups excluding tert-OH is 1. The summed E-state index contributed by atoms with van der Waals surface area (Å²) in [5.41, 5.74) is 0.602. The molecule has 2 heterocycles.